The van der Waals surface area contributed by atoms with Crippen LogP contribution in [0.1, 0.15) is 46.5 Å². The summed E-state index contributed by atoms with van der Waals surface area (Å²) in [5.41, 5.74) is -0.268. The Hall–Kier alpha value is -0.130. The molecule has 1 rings (SSSR count). The van der Waals surface area contributed by atoms with Crippen LogP contribution in [0.25, 0.3) is 0 Å². The van der Waals surface area contributed by atoms with Gasteiger partial charge < -0.3 is 5.32 Å². The lowest BCUT2D eigenvalue weighted by atomic mass is 10.0. The summed E-state index contributed by atoms with van der Waals surface area (Å²) < 4.78 is 26.6. The van der Waals surface area contributed by atoms with Gasteiger partial charge in [0.05, 0.1) is 5.75 Å². The molecule has 2 N–H and O–H groups in total. The van der Waals surface area contributed by atoms with Gasteiger partial charge in [-0.1, -0.05) is 6.92 Å². The minimum Gasteiger partial charge on any atom is -0.317 e. The summed E-state index contributed by atoms with van der Waals surface area (Å²) in [7, 11) is -3.12. The normalized spacial score (nSPS) is 17.4. The predicted molar refractivity (Wildman–Crippen MR) is 71.5 cm³/mol. The molecule has 0 bridgehead atoms. The number of hydrogen-bond acceptors (Lipinski definition) is 3. The van der Waals surface area contributed by atoms with Crippen molar-refractivity contribution < 1.29 is 8.42 Å². The Bertz CT molecular complexity index is 321. The van der Waals surface area contributed by atoms with Crippen LogP contribution in [-0.2, 0) is 10.0 Å². The van der Waals surface area contributed by atoms with E-state index in [1.54, 1.807) is 0 Å². The van der Waals surface area contributed by atoms with Crippen molar-refractivity contribution in [1.29, 1.82) is 0 Å². The van der Waals surface area contributed by atoms with E-state index in [2.05, 4.69) is 17.0 Å². The topological polar surface area (TPSA) is 58.2 Å². The van der Waals surface area contributed by atoms with Crippen molar-refractivity contribution in [2.24, 2.45) is 5.92 Å². The van der Waals surface area contributed by atoms with Crippen molar-refractivity contribution in [3.63, 3.8) is 0 Å². The predicted octanol–water partition coefficient (Wildman–Crippen LogP) is 1.48. The third-order valence-electron chi connectivity index (χ3n) is 3.21. The minimum atomic E-state index is -3.12. The highest BCUT2D eigenvalue weighted by molar-refractivity contribution is 7.89. The van der Waals surface area contributed by atoms with Crippen molar-refractivity contribution in [1.82, 2.24) is 10.0 Å². The molecule has 102 valence electrons. The average molecular weight is 262 g/mol. The second kappa shape index (κ2) is 6.16. The van der Waals surface area contributed by atoms with E-state index in [0.29, 0.717) is 12.3 Å². The Balaban J connectivity index is 2.25. The van der Waals surface area contributed by atoms with E-state index in [4.69, 9.17) is 0 Å². The fourth-order valence-corrected chi connectivity index (χ4v) is 3.62. The van der Waals surface area contributed by atoms with Crippen LogP contribution in [0.3, 0.4) is 0 Å². The van der Waals surface area contributed by atoms with Gasteiger partial charge in [0.1, 0.15) is 0 Å². The Morgan fingerprint density at radius 3 is 2.41 bits per heavy atom. The smallest absolute Gasteiger partial charge is 0.212 e. The molecule has 0 aromatic rings. The zero-order valence-electron chi connectivity index (χ0n) is 11.3. The largest absolute Gasteiger partial charge is 0.317 e. The molecule has 0 spiro atoms. The molecular formula is C12H26N2O2S. The molecule has 0 aromatic heterocycles. The van der Waals surface area contributed by atoms with Gasteiger partial charge in [-0.3, -0.25) is 0 Å². The van der Waals surface area contributed by atoms with E-state index < -0.39 is 10.0 Å². The highest BCUT2D eigenvalue weighted by Crippen LogP contribution is 2.39. The van der Waals surface area contributed by atoms with E-state index >= 15 is 0 Å². The van der Waals surface area contributed by atoms with Crippen LogP contribution >= 0.6 is 0 Å². The molecule has 0 saturated heterocycles. The Morgan fingerprint density at radius 1 is 1.24 bits per heavy atom. The first-order valence-corrected chi connectivity index (χ1v) is 8.25. The van der Waals surface area contributed by atoms with Crippen LogP contribution in [0.2, 0.25) is 0 Å². The maximum Gasteiger partial charge on any atom is 0.212 e. The fourth-order valence-electron chi connectivity index (χ4n) is 2.03. The van der Waals surface area contributed by atoms with Crippen LogP contribution < -0.4 is 10.0 Å². The highest BCUT2D eigenvalue weighted by atomic mass is 32.2. The second-order valence-electron chi connectivity index (χ2n) is 5.52. The van der Waals surface area contributed by atoms with E-state index in [9.17, 15) is 8.42 Å². The highest BCUT2D eigenvalue weighted by Gasteiger charge is 2.40. The molecule has 1 saturated carbocycles. The molecule has 4 nitrogen and oxygen atoms in total. The van der Waals surface area contributed by atoms with Gasteiger partial charge in [0.2, 0.25) is 10.0 Å². The standard InChI is InChI=1S/C12H26N2O2S/c1-4-8-13-9-5-10-17(15,16)14-12(2,3)11-6-7-11/h11,13-14H,4-10H2,1-3H3. The van der Waals surface area contributed by atoms with Gasteiger partial charge in [-0.25, -0.2) is 13.1 Å². The number of hydrogen-bond donors (Lipinski definition) is 2. The lowest BCUT2D eigenvalue weighted by Crippen LogP contribution is -2.46. The summed E-state index contributed by atoms with van der Waals surface area (Å²) in [6, 6.07) is 0. The second-order valence-corrected chi connectivity index (χ2v) is 7.36. The molecule has 1 fully saturated rings. The average Bonchev–Trinajstić information content (AvgIpc) is 2.98. The molecule has 0 atom stereocenters. The fraction of sp³-hybridized carbons (Fsp3) is 1.00. The van der Waals surface area contributed by atoms with Crippen LogP contribution in [0, 0.1) is 5.92 Å². The first-order valence-electron chi connectivity index (χ1n) is 6.60. The van der Waals surface area contributed by atoms with Crippen LogP contribution in [0.5, 0.6) is 0 Å². The molecule has 1 aliphatic carbocycles. The number of sulfonamides is 1. The van der Waals surface area contributed by atoms with Gasteiger partial charge in [-0.05, 0) is 58.5 Å². The Kier molecular flexibility index (Phi) is 5.41. The lowest BCUT2D eigenvalue weighted by Gasteiger charge is -2.25. The molecule has 0 unspecified atom stereocenters. The first-order chi connectivity index (χ1) is 7.87. The summed E-state index contributed by atoms with van der Waals surface area (Å²) in [5.74, 6) is 0.746. The van der Waals surface area contributed by atoms with Crippen LogP contribution in [0.4, 0.5) is 0 Å². The van der Waals surface area contributed by atoms with Gasteiger partial charge in [0, 0.05) is 5.54 Å². The van der Waals surface area contributed by atoms with Gasteiger partial charge in [0.25, 0.3) is 0 Å². The zero-order valence-corrected chi connectivity index (χ0v) is 12.1. The van der Waals surface area contributed by atoms with E-state index in [0.717, 1.165) is 32.4 Å². The molecule has 0 radical (unpaired) electrons. The Morgan fingerprint density at radius 2 is 1.88 bits per heavy atom. The maximum absolute atomic E-state index is 11.9. The van der Waals surface area contributed by atoms with E-state index in [1.807, 2.05) is 13.8 Å². The summed E-state index contributed by atoms with van der Waals surface area (Å²) in [6.45, 7) is 7.80. The van der Waals surface area contributed by atoms with Gasteiger partial charge in [0.15, 0.2) is 0 Å². The summed E-state index contributed by atoms with van der Waals surface area (Å²) in [6.07, 6.45) is 4.05. The third-order valence-corrected chi connectivity index (χ3v) is 4.87. The SMILES string of the molecule is CCCNCCCS(=O)(=O)NC(C)(C)C1CC1. The molecule has 1 aliphatic rings. The molecule has 17 heavy (non-hydrogen) atoms. The molecule has 0 aromatic carbocycles. The number of rotatable bonds is 9. The summed E-state index contributed by atoms with van der Waals surface area (Å²) in [5, 5.41) is 3.21. The quantitative estimate of drug-likeness (QED) is 0.619. The van der Waals surface area contributed by atoms with E-state index in [-0.39, 0.29) is 11.3 Å². The molecular weight excluding hydrogens is 236 g/mol. The number of nitrogens with one attached hydrogen (secondary N) is 2. The van der Waals surface area contributed by atoms with Crippen molar-refractivity contribution in [3.8, 4) is 0 Å². The van der Waals surface area contributed by atoms with Crippen molar-refractivity contribution in [3.05, 3.63) is 0 Å². The van der Waals surface area contributed by atoms with Crippen molar-refractivity contribution in [2.75, 3.05) is 18.8 Å². The minimum absolute atomic E-state index is 0.222. The Labute approximate surface area is 106 Å². The monoisotopic (exact) mass is 262 g/mol. The van der Waals surface area contributed by atoms with Gasteiger partial charge >= 0.3 is 0 Å². The van der Waals surface area contributed by atoms with Gasteiger partial charge in [-0.2, -0.15) is 0 Å². The van der Waals surface area contributed by atoms with Crippen LogP contribution in [-0.4, -0.2) is 32.8 Å². The van der Waals surface area contributed by atoms with Crippen molar-refractivity contribution in [2.45, 2.75) is 52.0 Å². The molecule has 5 heteroatoms. The van der Waals surface area contributed by atoms with Crippen molar-refractivity contribution >= 4 is 10.0 Å². The maximum atomic E-state index is 11.9. The summed E-state index contributed by atoms with van der Waals surface area (Å²) >= 11 is 0. The molecule has 0 amide bonds. The lowest BCUT2D eigenvalue weighted by molar-refractivity contribution is 0.400. The van der Waals surface area contributed by atoms with E-state index in [1.165, 1.54) is 0 Å². The molecule has 0 heterocycles. The van der Waals surface area contributed by atoms with Crippen LogP contribution in [0.15, 0.2) is 0 Å². The van der Waals surface area contributed by atoms with Gasteiger partial charge in [-0.15, -0.1) is 0 Å². The summed E-state index contributed by atoms with van der Waals surface area (Å²) in [4.78, 5) is 0. The first kappa shape index (κ1) is 14.9. The third kappa shape index (κ3) is 5.84. The zero-order chi connectivity index (χ0) is 12.9. The molecule has 0 aliphatic heterocycles.